The van der Waals surface area contributed by atoms with E-state index >= 15 is 0 Å². The highest BCUT2D eigenvalue weighted by Gasteiger charge is 2.28. The SMILES string of the molecule is CNCCC1CCCCN1C(=O)c1cc(F)c(C)cc1Cl. The first-order valence-electron chi connectivity index (χ1n) is 7.45. The Bertz CT molecular complexity index is 521. The number of aryl methyl sites for hydroxylation is 1. The third-order valence-electron chi connectivity index (χ3n) is 4.09. The summed E-state index contributed by atoms with van der Waals surface area (Å²) >= 11 is 6.14. The van der Waals surface area contributed by atoms with Crippen LogP contribution in [0.4, 0.5) is 4.39 Å². The zero-order valence-electron chi connectivity index (χ0n) is 12.6. The molecule has 0 radical (unpaired) electrons. The number of benzene rings is 1. The molecule has 0 spiro atoms. The Hall–Kier alpha value is -1.13. The van der Waals surface area contributed by atoms with Gasteiger partial charge in [-0.25, -0.2) is 4.39 Å². The molecule has 1 N–H and O–H groups in total. The van der Waals surface area contributed by atoms with Gasteiger partial charge in [-0.1, -0.05) is 11.6 Å². The molecule has 0 aromatic heterocycles. The van der Waals surface area contributed by atoms with Crippen molar-refractivity contribution in [2.75, 3.05) is 20.1 Å². The summed E-state index contributed by atoms with van der Waals surface area (Å²) < 4.78 is 13.7. The molecule has 1 heterocycles. The van der Waals surface area contributed by atoms with E-state index in [2.05, 4.69) is 5.32 Å². The highest BCUT2D eigenvalue weighted by atomic mass is 35.5. The molecule has 1 aliphatic rings. The molecule has 1 atom stereocenters. The second kappa shape index (κ2) is 7.23. The van der Waals surface area contributed by atoms with E-state index in [4.69, 9.17) is 11.6 Å². The third-order valence-corrected chi connectivity index (χ3v) is 4.41. The predicted octanol–water partition coefficient (Wildman–Crippen LogP) is 3.39. The summed E-state index contributed by atoms with van der Waals surface area (Å²) in [7, 11) is 1.90. The number of likely N-dealkylation sites (tertiary alicyclic amines) is 1. The van der Waals surface area contributed by atoms with Crippen molar-refractivity contribution in [3.63, 3.8) is 0 Å². The summed E-state index contributed by atoms with van der Waals surface area (Å²) in [6, 6.07) is 3.00. The number of amides is 1. The molecule has 1 aromatic rings. The quantitative estimate of drug-likeness (QED) is 0.924. The van der Waals surface area contributed by atoms with Gasteiger partial charge >= 0.3 is 0 Å². The first-order chi connectivity index (χ1) is 10.0. The standard InChI is InChI=1S/C16H22ClFN2O/c1-11-9-14(17)13(10-15(11)18)16(21)20-8-4-3-5-12(20)6-7-19-2/h9-10,12,19H,3-8H2,1-2H3. The molecule has 5 heteroatoms. The van der Waals surface area contributed by atoms with Crippen molar-refractivity contribution in [2.24, 2.45) is 0 Å². The molecule has 116 valence electrons. The predicted molar refractivity (Wildman–Crippen MR) is 83.4 cm³/mol. The highest BCUT2D eigenvalue weighted by Crippen LogP contribution is 2.26. The number of carbonyl (C=O) groups excluding carboxylic acids is 1. The minimum atomic E-state index is -0.383. The topological polar surface area (TPSA) is 32.3 Å². The summed E-state index contributed by atoms with van der Waals surface area (Å²) in [6.07, 6.45) is 4.04. The van der Waals surface area contributed by atoms with Crippen molar-refractivity contribution in [3.05, 3.63) is 34.1 Å². The Kier molecular flexibility index (Phi) is 5.59. The fraction of sp³-hybridized carbons (Fsp3) is 0.562. The van der Waals surface area contributed by atoms with Crippen molar-refractivity contribution >= 4 is 17.5 Å². The van der Waals surface area contributed by atoms with Crippen molar-refractivity contribution in [3.8, 4) is 0 Å². The lowest BCUT2D eigenvalue weighted by atomic mass is 9.98. The van der Waals surface area contributed by atoms with E-state index in [1.165, 1.54) is 12.1 Å². The lowest BCUT2D eigenvalue weighted by Gasteiger charge is -2.36. The van der Waals surface area contributed by atoms with Crippen LogP contribution in [0.1, 0.15) is 41.6 Å². The molecule has 1 aromatic carbocycles. The number of nitrogens with zero attached hydrogens (tertiary/aromatic N) is 1. The van der Waals surface area contributed by atoms with Gasteiger partial charge in [0.2, 0.25) is 0 Å². The van der Waals surface area contributed by atoms with Crippen LogP contribution >= 0.6 is 11.6 Å². The van der Waals surface area contributed by atoms with Crippen LogP contribution in [-0.4, -0.2) is 37.0 Å². The summed E-state index contributed by atoms with van der Waals surface area (Å²) in [5, 5.41) is 3.45. The normalized spacial score (nSPS) is 18.9. The van der Waals surface area contributed by atoms with Crippen LogP contribution in [0, 0.1) is 12.7 Å². The van der Waals surface area contributed by atoms with Gasteiger partial charge < -0.3 is 10.2 Å². The van der Waals surface area contributed by atoms with Gasteiger partial charge in [-0.05, 0) is 63.9 Å². The number of nitrogens with one attached hydrogen (secondary N) is 1. The zero-order chi connectivity index (χ0) is 15.4. The Morgan fingerprint density at radius 3 is 2.95 bits per heavy atom. The average Bonchev–Trinajstić information content (AvgIpc) is 2.48. The number of rotatable bonds is 4. The van der Waals surface area contributed by atoms with Crippen LogP contribution < -0.4 is 5.32 Å². The molecule has 0 bridgehead atoms. The van der Waals surface area contributed by atoms with E-state index in [0.29, 0.717) is 10.6 Å². The molecule has 1 aliphatic heterocycles. The van der Waals surface area contributed by atoms with Gasteiger partial charge in [0, 0.05) is 12.6 Å². The van der Waals surface area contributed by atoms with E-state index < -0.39 is 0 Å². The molecule has 1 saturated heterocycles. The van der Waals surface area contributed by atoms with Gasteiger partial charge in [0.1, 0.15) is 5.82 Å². The summed E-state index contributed by atoms with van der Waals surface area (Å²) in [4.78, 5) is 14.6. The van der Waals surface area contributed by atoms with Crippen LogP contribution in [-0.2, 0) is 0 Å². The molecular weight excluding hydrogens is 291 g/mol. The summed E-state index contributed by atoms with van der Waals surface area (Å²) in [6.45, 7) is 3.23. The molecule has 0 saturated carbocycles. The van der Waals surface area contributed by atoms with Crippen LogP contribution in [0.2, 0.25) is 5.02 Å². The lowest BCUT2D eigenvalue weighted by molar-refractivity contribution is 0.0602. The first-order valence-corrected chi connectivity index (χ1v) is 7.83. The Morgan fingerprint density at radius 1 is 1.48 bits per heavy atom. The Labute approximate surface area is 130 Å². The summed E-state index contributed by atoms with van der Waals surface area (Å²) in [5.74, 6) is -0.536. The van der Waals surface area contributed by atoms with Crippen LogP contribution in [0.15, 0.2) is 12.1 Å². The maximum Gasteiger partial charge on any atom is 0.255 e. The van der Waals surface area contributed by atoms with Crippen LogP contribution in [0.5, 0.6) is 0 Å². The average molecular weight is 313 g/mol. The van der Waals surface area contributed by atoms with E-state index in [0.717, 1.165) is 38.8 Å². The van der Waals surface area contributed by atoms with Crippen LogP contribution in [0.25, 0.3) is 0 Å². The summed E-state index contributed by atoms with van der Waals surface area (Å²) in [5.41, 5.74) is 0.734. The van der Waals surface area contributed by atoms with Crippen molar-refractivity contribution in [1.82, 2.24) is 10.2 Å². The van der Waals surface area contributed by atoms with Crippen molar-refractivity contribution in [1.29, 1.82) is 0 Å². The van der Waals surface area contributed by atoms with Crippen molar-refractivity contribution in [2.45, 2.75) is 38.6 Å². The van der Waals surface area contributed by atoms with Crippen molar-refractivity contribution < 1.29 is 9.18 Å². The zero-order valence-corrected chi connectivity index (χ0v) is 13.3. The molecule has 21 heavy (non-hydrogen) atoms. The van der Waals surface area contributed by atoms with E-state index in [-0.39, 0.29) is 23.3 Å². The number of carbonyl (C=O) groups is 1. The monoisotopic (exact) mass is 312 g/mol. The fourth-order valence-corrected chi connectivity index (χ4v) is 3.14. The minimum absolute atomic E-state index is 0.153. The largest absolute Gasteiger partial charge is 0.336 e. The maximum atomic E-state index is 13.7. The first kappa shape index (κ1) is 16.2. The smallest absolute Gasteiger partial charge is 0.255 e. The second-order valence-electron chi connectivity index (χ2n) is 5.62. The molecule has 1 unspecified atom stereocenters. The van der Waals surface area contributed by atoms with E-state index in [1.54, 1.807) is 6.92 Å². The number of piperidine rings is 1. The third kappa shape index (κ3) is 3.74. The van der Waals surface area contributed by atoms with E-state index in [1.807, 2.05) is 11.9 Å². The Balaban J connectivity index is 2.22. The molecule has 3 nitrogen and oxygen atoms in total. The van der Waals surface area contributed by atoms with Gasteiger partial charge in [-0.15, -0.1) is 0 Å². The van der Waals surface area contributed by atoms with Crippen LogP contribution in [0.3, 0.4) is 0 Å². The van der Waals surface area contributed by atoms with Gasteiger partial charge in [0.05, 0.1) is 10.6 Å². The number of halogens is 2. The minimum Gasteiger partial charge on any atom is -0.336 e. The molecule has 2 rings (SSSR count). The molecule has 1 amide bonds. The number of hydrogen-bond donors (Lipinski definition) is 1. The van der Waals surface area contributed by atoms with Gasteiger partial charge in [0.15, 0.2) is 0 Å². The number of hydrogen-bond acceptors (Lipinski definition) is 2. The van der Waals surface area contributed by atoms with Gasteiger partial charge in [0.25, 0.3) is 5.91 Å². The van der Waals surface area contributed by atoms with Gasteiger partial charge in [-0.3, -0.25) is 4.79 Å². The highest BCUT2D eigenvalue weighted by molar-refractivity contribution is 6.33. The Morgan fingerprint density at radius 2 is 2.24 bits per heavy atom. The molecule has 1 fully saturated rings. The molecular formula is C16H22ClFN2O. The lowest BCUT2D eigenvalue weighted by Crippen LogP contribution is -2.44. The fourth-order valence-electron chi connectivity index (χ4n) is 2.84. The van der Waals surface area contributed by atoms with E-state index in [9.17, 15) is 9.18 Å². The molecule has 0 aliphatic carbocycles. The second-order valence-corrected chi connectivity index (χ2v) is 6.03. The van der Waals surface area contributed by atoms with Gasteiger partial charge in [-0.2, -0.15) is 0 Å². The maximum absolute atomic E-state index is 13.7.